The summed E-state index contributed by atoms with van der Waals surface area (Å²) in [6.07, 6.45) is 2.37. The minimum Gasteiger partial charge on any atom is -0.494 e. The lowest BCUT2D eigenvalue weighted by Gasteiger charge is -2.31. The zero-order valence-electron chi connectivity index (χ0n) is 17.9. The van der Waals surface area contributed by atoms with Gasteiger partial charge in [0, 0.05) is 13.1 Å². The summed E-state index contributed by atoms with van der Waals surface area (Å²) < 4.78 is 11.0. The van der Waals surface area contributed by atoms with Crippen molar-refractivity contribution >= 4 is 17.4 Å². The SMILES string of the molecule is CCOc1ccc(C2=C(N3CCc4ccccc4C3)C(=O)N(Cc3ccco3)C2=O)cc1. The van der Waals surface area contributed by atoms with Crippen LogP contribution in [0.2, 0.25) is 0 Å². The molecule has 162 valence electrons. The lowest BCUT2D eigenvalue weighted by molar-refractivity contribution is -0.138. The first-order valence-corrected chi connectivity index (χ1v) is 10.8. The Bertz CT molecular complexity index is 1180. The highest BCUT2D eigenvalue weighted by molar-refractivity contribution is 6.35. The molecule has 0 unspecified atom stereocenters. The Hall–Kier alpha value is -3.80. The van der Waals surface area contributed by atoms with Gasteiger partial charge in [0.15, 0.2) is 0 Å². The number of hydrogen-bond donors (Lipinski definition) is 0. The number of ether oxygens (including phenoxy) is 1. The van der Waals surface area contributed by atoms with E-state index < -0.39 is 0 Å². The van der Waals surface area contributed by atoms with Crippen LogP contribution in [0.15, 0.2) is 77.0 Å². The van der Waals surface area contributed by atoms with Gasteiger partial charge in [-0.1, -0.05) is 36.4 Å². The maximum atomic E-state index is 13.5. The number of imide groups is 1. The largest absolute Gasteiger partial charge is 0.494 e. The average Bonchev–Trinajstić information content (AvgIpc) is 3.42. The summed E-state index contributed by atoms with van der Waals surface area (Å²) in [5, 5.41) is 0. The van der Waals surface area contributed by atoms with Crippen LogP contribution >= 0.6 is 0 Å². The minimum atomic E-state index is -0.301. The Morgan fingerprint density at radius 1 is 0.938 bits per heavy atom. The van der Waals surface area contributed by atoms with Gasteiger partial charge in [-0.05, 0) is 54.3 Å². The highest BCUT2D eigenvalue weighted by Gasteiger charge is 2.42. The molecule has 2 aromatic carbocycles. The van der Waals surface area contributed by atoms with E-state index in [4.69, 9.17) is 9.15 Å². The zero-order valence-corrected chi connectivity index (χ0v) is 17.9. The van der Waals surface area contributed by atoms with Crippen LogP contribution in [-0.2, 0) is 29.1 Å². The molecule has 2 aliphatic heterocycles. The molecule has 0 atom stereocenters. The molecule has 32 heavy (non-hydrogen) atoms. The van der Waals surface area contributed by atoms with Gasteiger partial charge in [-0.25, -0.2) is 0 Å². The van der Waals surface area contributed by atoms with Gasteiger partial charge in [0.05, 0.1) is 25.0 Å². The first kappa shape index (κ1) is 20.1. The third-order valence-corrected chi connectivity index (χ3v) is 5.94. The number of benzene rings is 2. The first-order valence-electron chi connectivity index (χ1n) is 10.8. The molecule has 0 fully saturated rings. The Morgan fingerprint density at radius 3 is 2.44 bits per heavy atom. The molecular weight excluding hydrogens is 404 g/mol. The number of amides is 2. The maximum Gasteiger partial charge on any atom is 0.278 e. The lowest BCUT2D eigenvalue weighted by atomic mass is 9.98. The smallest absolute Gasteiger partial charge is 0.278 e. The Kier molecular flexibility index (Phi) is 5.27. The molecule has 3 heterocycles. The second-order valence-corrected chi connectivity index (χ2v) is 7.90. The third-order valence-electron chi connectivity index (χ3n) is 5.94. The van der Waals surface area contributed by atoms with Crippen LogP contribution in [0.25, 0.3) is 5.57 Å². The monoisotopic (exact) mass is 428 g/mol. The van der Waals surface area contributed by atoms with Crippen molar-refractivity contribution in [2.24, 2.45) is 0 Å². The van der Waals surface area contributed by atoms with Gasteiger partial charge in [-0.3, -0.25) is 14.5 Å². The van der Waals surface area contributed by atoms with Crippen molar-refractivity contribution in [2.45, 2.75) is 26.4 Å². The van der Waals surface area contributed by atoms with Crippen molar-refractivity contribution < 1.29 is 18.7 Å². The van der Waals surface area contributed by atoms with Crippen molar-refractivity contribution in [3.8, 4) is 5.75 Å². The highest BCUT2D eigenvalue weighted by Crippen LogP contribution is 2.35. The second-order valence-electron chi connectivity index (χ2n) is 7.90. The molecule has 6 heteroatoms. The quantitative estimate of drug-likeness (QED) is 0.555. The number of hydrogen-bond acceptors (Lipinski definition) is 5. The molecule has 0 saturated heterocycles. The zero-order chi connectivity index (χ0) is 22.1. The summed E-state index contributed by atoms with van der Waals surface area (Å²) in [6.45, 7) is 3.88. The predicted molar refractivity (Wildman–Crippen MR) is 119 cm³/mol. The van der Waals surface area contributed by atoms with E-state index in [1.165, 1.54) is 16.0 Å². The first-order chi connectivity index (χ1) is 15.7. The molecule has 3 aromatic rings. The topological polar surface area (TPSA) is 63.0 Å². The molecule has 0 radical (unpaired) electrons. The number of carbonyl (C=O) groups excluding carboxylic acids is 2. The van der Waals surface area contributed by atoms with Gasteiger partial charge in [-0.15, -0.1) is 0 Å². The molecule has 0 saturated carbocycles. The van der Waals surface area contributed by atoms with Crippen molar-refractivity contribution in [3.05, 3.63) is 95.1 Å². The number of rotatable bonds is 6. The average molecular weight is 428 g/mol. The minimum absolute atomic E-state index is 0.110. The van der Waals surface area contributed by atoms with Crippen LogP contribution in [0.4, 0.5) is 0 Å². The molecule has 5 rings (SSSR count). The van der Waals surface area contributed by atoms with Crippen molar-refractivity contribution in [3.63, 3.8) is 0 Å². The summed E-state index contributed by atoms with van der Waals surface area (Å²) in [7, 11) is 0. The van der Waals surface area contributed by atoms with Gasteiger partial charge in [0.25, 0.3) is 11.8 Å². The van der Waals surface area contributed by atoms with Crippen LogP contribution in [0.3, 0.4) is 0 Å². The van der Waals surface area contributed by atoms with E-state index in [1.807, 2.05) is 48.2 Å². The van der Waals surface area contributed by atoms with Gasteiger partial charge >= 0.3 is 0 Å². The number of fused-ring (bicyclic) bond motifs is 1. The summed E-state index contributed by atoms with van der Waals surface area (Å²) in [6, 6.07) is 19.1. The van der Waals surface area contributed by atoms with Gasteiger partial charge < -0.3 is 14.1 Å². The molecule has 0 bridgehead atoms. The molecule has 0 spiro atoms. The van der Waals surface area contributed by atoms with E-state index in [-0.39, 0.29) is 18.4 Å². The van der Waals surface area contributed by atoms with Crippen molar-refractivity contribution in [1.82, 2.24) is 9.80 Å². The van der Waals surface area contributed by atoms with Crippen LogP contribution in [0, 0.1) is 0 Å². The van der Waals surface area contributed by atoms with Crippen LogP contribution in [0.1, 0.15) is 29.4 Å². The number of nitrogens with zero attached hydrogens (tertiary/aromatic N) is 2. The van der Waals surface area contributed by atoms with Gasteiger partial charge in [0.2, 0.25) is 0 Å². The number of furan rings is 1. The fourth-order valence-corrected chi connectivity index (χ4v) is 4.39. The normalized spacial score (nSPS) is 16.0. The molecule has 6 nitrogen and oxygen atoms in total. The van der Waals surface area contributed by atoms with Gasteiger partial charge in [-0.2, -0.15) is 0 Å². The van der Waals surface area contributed by atoms with Crippen LogP contribution in [0.5, 0.6) is 5.75 Å². The summed E-state index contributed by atoms with van der Waals surface area (Å²) in [5.41, 5.74) is 4.07. The third kappa shape index (κ3) is 3.58. The lowest BCUT2D eigenvalue weighted by Crippen LogP contribution is -2.37. The Balaban J connectivity index is 1.54. The van der Waals surface area contributed by atoms with E-state index >= 15 is 0 Å². The van der Waals surface area contributed by atoms with Crippen molar-refractivity contribution in [2.75, 3.05) is 13.2 Å². The fraction of sp³-hybridized carbons (Fsp3) is 0.231. The van der Waals surface area contributed by atoms with Crippen LogP contribution < -0.4 is 4.74 Å². The summed E-state index contributed by atoms with van der Waals surface area (Å²) >= 11 is 0. The van der Waals surface area contributed by atoms with E-state index in [0.29, 0.717) is 42.3 Å². The van der Waals surface area contributed by atoms with E-state index in [9.17, 15) is 9.59 Å². The Morgan fingerprint density at radius 2 is 1.72 bits per heavy atom. The summed E-state index contributed by atoms with van der Waals surface area (Å²) in [4.78, 5) is 30.4. The van der Waals surface area contributed by atoms with Crippen LogP contribution in [-0.4, -0.2) is 34.8 Å². The predicted octanol–water partition coefficient (Wildman–Crippen LogP) is 4.02. The molecular formula is C26H24N2O4. The molecule has 1 aromatic heterocycles. The van der Waals surface area contributed by atoms with E-state index in [0.717, 1.165) is 12.2 Å². The molecule has 2 amide bonds. The van der Waals surface area contributed by atoms with E-state index in [2.05, 4.69) is 12.1 Å². The molecule has 0 N–H and O–H groups in total. The summed E-state index contributed by atoms with van der Waals surface area (Å²) in [5.74, 6) is 0.719. The fourth-order valence-electron chi connectivity index (χ4n) is 4.39. The molecule has 0 aliphatic carbocycles. The Labute approximate surface area is 186 Å². The van der Waals surface area contributed by atoms with Gasteiger partial charge in [0.1, 0.15) is 17.2 Å². The number of carbonyl (C=O) groups is 2. The van der Waals surface area contributed by atoms with E-state index in [1.54, 1.807) is 18.4 Å². The standard InChI is InChI=1S/C26H24N2O4/c1-2-31-21-11-9-19(10-12-21)23-24(27-14-13-18-6-3-4-7-20(18)16-27)26(30)28(25(23)29)17-22-8-5-15-32-22/h3-12,15H,2,13-14,16-17H2,1H3. The van der Waals surface area contributed by atoms with Crippen molar-refractivity contribution in [1.29, 1.82) is 0 Å². The molecule has 2 aliphatic rings. The second kappa shape index (κ2) is 8.38. The maximum absolute atomic E-state index is 13.5. The highest BCUT2D eigenvalue weighted by atomic mass is 16.5.